The van der Waals surface area contributed by atoms with Crippen LogP contribution in [-0.2, 0) is 27.4 Å². The lowest BCUT2D eigenvalue weighted by Crippen LogP contribution is -2.46. The van der Waals surface area contributed by atoms with Crippen molar-refractivity contribution in [2.45, 2.75) is 58.3 Å². The quantitative estimate of drug-likeness (QED) is 0.516. The molecule has 0 radical (unpaired) electrons. The van der Waals surface area contributed by atoms with Crippen LogP contribution in [-0.4, -0.2) is 46.8 Å². The van der Waals surface area contributed by atoms with Gasteiger partial charge in [0.2, 0.25) is 5.91 Å². The number of aliphatic hydroxyl groups excluding tert-OH is 1. The van der Waals surface area contributed by atoms with Crippen LogP contribution in [0.2, 0.25) is 0 Å². The first-order valence-corrected chi connectivity index (χ1v) is 10.9. The van der Waals surface area contributed by atoms with Crippen molar-refractivity contribution in [3.05, 3.63) is 71.8 Å². The zero-order valence-corrected chi connectivity index (χ0v) is 19.1. The highest BCUT2D eigenvalue weighted by molar-refractivity contribution is 5.76. The summed E-state index contributed by atoms with van der Waals surface area (Å²) in [5.74, 6) is -0.353. The average Bonchev–Trinajstić information content (AvgIpc) is 2.76. The molecule has 2 rings (SSSR count). The van der Waals surface area contributed by atoms with E-state index in [0.717, 1.165) is 11.1 Å². The van der Waals surface area contributed by atoms with Gasteiger partial charge in [0.15, 0.2) is 0 Å². The van der Waals surface area contributed by atoms with Gasteiger partial charge in [0.1, 0.15) is 5.60 Å². The topological polar surface area (TPSA) is 88.1 Å². The third-order valence-corrected chi connectivity index (χ3v) is 4.74. The summed E-state index contributed by atoms with van der Waals surface area (Å²) in [6.07, 6.45) is 0.710. The molecule has 0 aliphatic carbocycles. The van der Waals surface area contributed by atoms with Crippen LogP contribution in [0, 0.1) is 0 Å². The van der Waals surface area contributed by atoms with Gasteiger partial charge in [-0.05, 0) is 44.7 Å². The Morgan fingerprint density at radius 2 is 1.59 bits per heavy atom. The molecular formula is C25H34N2O5. The molecule has 0 aliphatic rings. The van der Waals surface area contributed by atoms with E-state index in [1.807, 2.05) is 60.7 Å². The molecular weight excluding hydrogens is 408 g/mol. The van der Waals surface area contributed by atoms with Crippen LogP contribution in [0.4, 0.5) is 4.79 Å². The lowest BCUT2D eigenvalue weighted by molar-refractivity contribution is -0.135. The fourth-order valence-electron chi connectivity index (χ4n) is 3.11. The number of rotatable bonds is 11. The Morgan fingerprint density at radius 1 is 1.00 bits per heavy atom. The first-order chi connectivity index (χ1) is 15.3. The Balaban J connectivity index is 1.93. The summed E-state index contributed by atoms with van der Waals surface area (Å²) >= 11 is 0. The number of amides is 2. The number of hydrogen-bond acceptors (Lipinski definition) is 5. The van der Waals surface area contributed by atoms with Crippen LogP contribution in [0.25, 0.3) is 0 Å². The van der Waals surface area contributed by atoms with Crippen molar-refractivity contribution in [2.24, 2.45) is 0 Å². The predicted octanol–water partition coefficient (Wildman–Crippen LogP) is 3.86. The summed E-state index contributed by atoms with van der Waals surface area (Å²) in [5.41, 5.74) is 3.77. The van der Waals surface area contributed by atoms with Crippen molar-refractivity contribution in [3.63, 3.8) is 0 Å². The molecule has 2 amide bonds. The number of nitrogens with zero attached hydrogens (tertiary/aromatic N) is 1. The van der Waals surface area contributed by atoms with Crippen LogP contribution in [0.5, 0.6) is 0 Å². The number of aliphatic hydroxyl groups is 1. The van der Waals surface area contributed by atoms with Gasteiger partial charge in [-0.15, -0.1) is 0 Å². The fraction of sp³-hybridized carbons (Fsp3) is 0.440. The molecule has 0 spiro atoms. The molecule has 0 fully saturated rings. The smallest absolute Gasteiger partial charge is 0.410 e. The number of nitrogens with one attached hydrogen (secondary N) is 1. The minimum absolute atomic E-state index is 0.0237. The summed E-state index contributed by atoms with van der Waals surface area (Å²) in [6, 6.07) is 18.9. The maximum Gasteiger partial charge on any atom is 0.410 e. The van der Waals surface area contributed by atoms with E-state index in [4.69, 9.17) is 9.57 Å². The van der Waals surface area contributed by atoms with Gasteiger partial charge in [-0.2, -0.15) is 0 Å². The second kappa shape index (κ2) is 12.8. The normalized spacial score (nSPS) is 12.1. The highest BCUT2D eigenvalue weighted by Gasteiger charge is 2.28. The lowest BCUT2D eigenvalue weighted by atomic mass is 10.0. The maximum absolute atomic E-state index is 12.8. The van der Waals surface area contributed by atoms with E-state index < -0.39 is 17.7 Å². The molecule has 0 saturated heterocycles. The molecule has 2 aromatic carbocycles. The SMILES string of the molecule is CC(C)(C)OC(=O)N(CCC(=O)NOCc1ccccc1)[C@@H](CO)CCc1ccccc1. The van der Waals surface area contributed by atoms with Crippen LogP contribution in [0.15, 0.2) is 60.7 Å². The summed E-state index contributed by atoms with van der Waals surface area (Å²) in [4.78, 5) is 31.8. The predicted molar refractivity (Wildman–Crippen MR) is 123 cm³/mol. The number of carbonyl (C=O) groups is 2. The van der Waals surface area contributed by atoms with Crippen molar-refractivity contribution < 1.29 is 24.3 Å². The van der Waals surface area contributed by atoms with Crippen molar-refractivity contribution in [1.29, 1.82) is 0 Å². The second-order valence-electron chi connectivity index (χ2n) is 8.58. The third-order valence-electron chi connectivity index (χ3n) is 4.74. The van der Waals surface area contributed by atoms with Crippen molar-refractivity contribution >= 4 is 12.0 Å². The molecule has 0 bridgehead atoms. The standard InChI is InChI=1S/C25H34N2O5/c1-25(2,3)32-24(30)27(22(18-28)15-14-20-10-6-4-7-11-20)17-16-23(29)26-31-19-21-12-8-5-9-13-21/h4-13,22,28H,14-19H2,1-3H3,(H,26,29)/t22-/m1/s1. The lowest BCUT2D eigenvalue weighted by Gasteiger charge is -2.32. The van der Waals surface area contributed by atoms with Gasteiger partial charge in [0, 0.05) is 13.0 Å². The number of carbonyl (C=O) groups excluding carboxylic acids is 2. The van der Waals surface area contributed by atoms with Gasteiger partial charge in [-0.1, -0.05) is 60.7 Å². The fourth-order valence-corrected chi connectivity index (χ4v) is 3.11. The van der Waals surface area contributed by atoms with E-state index in [1.54, 1.807) is 20.8 Å². The van der Waals surface area contributed by atoms with E-state index in [0.29, 0.717) is 12.8 Å². The van der Waals surface area contributed by atoms with Crippen molar-refractivity contribution in [3.8, 4) is 0 Å². The summed E-state index contributed by atoms with van der Waals surface area (Å²) in [6.45, 7) is 5.48. The first-order valence-electron chi connectivity index (χ1n) is 10.9. The molecule has 174 valence electrons. The molecule has 32 heavy (non-hydrogen) atoms. The van der Waals surface area contributed by atoms with Crippen molar-refractivity contribution in [1.82, 2.24) is 10.4 Å². The molecule has 7 nitrogen and oxygen atoms in total. The third kappa shape index (κ3) is 9.49. The number of benzene rings is 2. The molecule has 0 aliphatic heterocycles. The van der Waals surface area contributed by atoms with E-state index in [2.05, 4.69) is 5.48 Å². The van der Waals surface area contributed by atoms with Gasteiger partial charge in [0.05, 0.1) is 19.3 Å². The number of hydroxylamine groups is 1. The van der Waals surface area contributed by atoms with Crippen LogP contribution < -0.4 is 5.48 Å². The van der Waals surface area contributed by atoms with Gasteiger partial charge >= 0.3 is 6.09 Å². The molecule has 0 heterocycles. The van der Waals surface area contributed by atoms with Crippen molar-refractivity contribution in [2.75, 3.05) is 13.2 Å². The van der Waals surface area contributed by atoms with Crippen LogP contribution in [0.1, 0.15) is 44.7 Å². The van der Waals surface area contributed by atoms with E-state index in [-0.39, 0.29) is 32.1 Å². The summed E-state index contributed by atoms with van der Waals surface area (Å²) in [5, 5.41) is 9.98. The molecule has 2 N–H and O–H groups in total. The Bertz CT molecular complexity index is 821. The van der Waals surface area contributed by atoms with Crippen LogP contribution >= 0.6 is 0 Å². The maximum atomic E-state index is 12.8. The second-order valence-corrected chi connectivity index (χ2v) is 8.58. The highest BCUT2D eigenvalue weighted by atomic mass is 16.6. The Hall–Kier alpha value is -2.90. The zero-order chi connectivity index (χ0) is 23.4. The van der Waals surface area contributed by atoms with Gasteiger partial charge in [-0.3, -0.25) is 9.63 Å². The van der Waals surface area contributed by atoms with Gasteiger partial charge in [-0.25, -0.2) is 10.3 Å². The number of hydrogen-bond donors (Lipinski definition) is 2. The van der Waals surface area contributed by atoms with E-state index in [1.165, 1.54) is 4.90 Å². The molecule has 0 aromatic heterocycles. The molecule has 0 unspecified atom stereocenters. The molecule has 0 saturated carbocycles. The van der Waals surface area contributed by atoms with E-state index >= 15 is 0 Å². The van der Waals surface area contributed by atoms with Gasteiger partial charge < -0.3 is 14.7 Å². The molecule has 2 aromatic rings. The zero-order valence-electron chi connectivity index (χ0n) is 19.1. The number of ether oxygens (including phenoxy) is 1. The first kappa shape index (κ1) is 25.4. The highest BCUT2D eigenvalue weighted by Crippen LogP contribution is 2.16. The Labute approximate surface area is 190 Å². The van der Waals surface area contributed by atoms with E-state index in [9.17, 15) is 14.7 Å². The minimum Gasteiger partial charge on any atom is -0.444 e. The number of aryl methyl sites for hydroxylation is 1. The van der Waals surface area contributed by atoms with Gasteiger partial charge in [0.25, 0.3) is 0 Å². The summed E-state index contributed by atoms with van der Waals surface area (Å²) < 4.78 is 5.52. The Morgan fingerprint density at radius 3 is 2.16 bits per heavy atom. The molecule has 1 atom stereocenters. The minimum atomic E-state index is -0.685. The Kier molecular flexibility index (Phi) is 10.2. The monoisotopic (exact) mass is 442 g/mol. The largest absolute Gasteiger partial charge is 0.444 e. The molecule has 7 heteroatoms. The average molecular weight is 443 g/mol. The summed E-state index contributed by atoms with van der Waals surface area (Å²) in [7, 11) is 0. The van der Waals surface area contributed by atoms with Crippen LogP contribution in [0.3, 0.4) is 0 Å².